The molecule has 0 nitrogen and oxygen atoms in total. The van der Waals surface area contributed by atoms with E-state index >= 15 is 0 Å². The molecule has 70 valence electrons. The first-order chi connectivity index (χ1) is 6.31. The minimum atomic E-state index is 0.554. The van der Waals surface area contributed by atoms with Gasteiger partial charge in [-0.3, -0.25) is 0 Å². The molecule has 0 radical (unpaired) electrons. The fourth-order valence-corrected chi connectivity index (χ4v) is 1.66. The summed E-state index contributed by atoms with van der Waals surface area (Å²) in [4.78, 5) is 0. The van der Waals surface area contributed by atoms with Gasteiger partial charge in [0, 0.05) is 5.92 Å². The van der Waals surface area contributed by atoms with Crippen LogP contribution in [0, 0.1) is 5.92 Å². The van der Waals surface area contributed by atoms with Gasteiger partial charge >= 0.3 is 0 Å². The molecule has 0 aliphatic heterocycles. The number of hydrogen-bond donors (Lipinski definition) is 0. The van der Waals surface area contributed by atoms with E-state index in [2.05, 4.69) is 44.7 Å². The molecule has 0 saturated heterocycles. The van der Waals surface area contributed by atoms with E-state index in [1.807, 2.05) is 6.08 Å². The zero-order valence-corrected chi connectivity index (χ0v) is 8.59. The molecule has 0 aromatic carbocycles. The highest BCUT2D eigenvalue weighted by Crippen LogP contribution is 2.24. The third kappa shape index (κ3) is 2.45. The van der Waals surface area contributed by atoms with Crippen LogP contribution in [0.15, 0.2) is 48.1 Å². The summed E-state index contributed by atoms with van der Waals surface area (Å²) >= 11 is 0. The first-order valence-electron chi connectivity index (χ1n) is 4.97. The van der Waals surface area contributed by atoms with E-state index in [1.165, 1.54) is 11.1 Å². The molecule has 0 amide bonds. The standard InChI is InChI=1S/C13H18/c1-4-11-7-9-13(10-8-11)12(5-2)6-3/h5-9,13H,2,4,10H2,1,3H3/b12-6+. The Balaban J connectivity index is 2.66. The third-order valence-electron chi connectivity index (χ3n) is 2.58. The Kier molecular flexibility index (Phi) is 3.75. The highest BCUT2D eigenvalue weighted by Gasteiger charge is 2.09. The first kappa shape index (κ1) is 10.0. The van der Waals surface area contributed by atoms with Crippen LogP contribution in [0.5, 0.6) is 0 Å². The Morgan fingerprint density at radius 3 is 2.85 bits per heavy atom. The van der Waals surface area contributed by atoms with E-state index in [0.717, 1.165) is 12.8 Å². The lowest BCUT2D eigenvalue weighted by atomic mass is 9.89. The maximum atomic E-state index is 3.82. The Morgan fingerprint density at radius 1 is 1.69 bits per heavy atom. The minimum absolute atomic E-state index is 0.554. The zero-order valence-electron chi connectivity index (χ0n) is 8.59. The van der Waals surface area contributed by atoms with E-state index in [9.17, 15) is 0 Å². The van der Waals surface area contributed by atoms with Crippen LogP contribution in [-0.2, 0) is 0 Å². The summed E-state index contributed by atoms with van der Waals surface area (Å²) in [6.45, 7) is 8.09. The van der Waals surface area contributed by atoms with Crippen LogP contribution in [0.25, 0.3) is 0 Å². The largest absolute Gasteiger partial charge is 0.0988 e. The van der Waals surface area contributed by atoms with Crippen LogP contribution in [0.4, 0.5) is 0 Å². The van der Waals surface area contributed by atoms with E-state index in [1.54, 1.807) is 0 Å². The van der Waals surface area contributed by atoms with Gasteiger partial charge in [0.1, 0.15) is 0 Å². The number of allylic oxidation sites excluding steroid dienone is 7. The van der Waals surface area contributed by atoms with Gasteiger partial charge in [-0.05, 0) is 25.3 Å². The SMILES string of the molecule is C=C/C(=C\C)C1C=CC(CC)=CC1. The molecule has 0 aromatic rings. The molecule has 1 aliphatic rings. The van der Waals surface area contributed by atoms with Crippen molar-refractivity contribution in [1.82, 2.24) is 0 Å². The molecule has 13 heavy (non-hydrogen) atoms. The fourth-order valence-electron chi connectivity index (χ4n) is 1.66. The maximum Gasteiger partial charge on any atom is 0.00524 e. The molecule has 0 saturated carbocycles. The number of hydrogen-bond acceptors (Lipinski definition) is 0. The summed E-state index contributed by atoms with van der Waals surface area (Å²) in [6, 6.07) is 0. The monoisotopic (exact) mass is 174 g/mol. The topological polar surface area (TPSA) is 0 Å². The lowest BCUT2D eigenvalue weighted by Gasteiger charge is -2.16. The van der Waals surface area contributed by atoms with Gasteiger partial charge in [-0.2, -0.15) is 0 Å². The van der Waals surface area contributed by atoms with Crippen LogP contribution < -0.4 is 0 Å². The molecule has 1 rings (SSSR count). The molecule has 0 spiro atoms. The molecular weight excluding hydrogens is 156 g/mol. The van der Waals surface area contributed by atoms with E-state index in [-0.39, 0.29) is 0 Å². The molecule has 0 heteroatoms. The average molecular weight is 174 g/mol. The van der Waals surface area contributed by atoms with Crippen LogP contribution in [0.2, 0.25) is 0 Å². The van der Waals surface area contributed by atoms with Gasteiger partial charge in [0.15, 0.2) is 0 Å². The normalized spacial score (nSPS) is 22.8. The van der Waals surface area contributed by atoms with Crippen LogP contribution in [-0.4, -0.2) is 0 Å². The van der Waals surface area contributed by atoms with Crippen molar-refractivity contribution in [2.75, 3.05) is 0 Å². The smallest absolute Gasteiger partial charge is 0.00524 e. The van der Waals surface area contributed by atoms with Gasteiger partial charge in [-0.1, -0.05) is 49.5 Å². The Hall–Kier alpha value is -1.04. The molecule has 1 unspecified atom stereocenters. The highest BCUT2D eigenvalue weighted by atomic mass is 14.1. The van der Waals surface area contributed by atoms with E-state index in [4.69, 9.17) is 0 Å². The number of rotatable bonds is 3. The summed E-state index contributed by atoms with van der Waals surface area (Å²) < 4.78 is 0. The van der Waals surface area contributed by atoms with Crippen molar-refractivity contribution in [3.8, 4) is 0 Å². The Labute approximate surface area is 81.4 Å². The summed E-state index contributed by atoms with van der Waals surface area (Å²) in [5.41, 5.74) is 2.79. The predicted octanol–water partition coefficient (Wildman–Crippen LogP) is 4.03. The van der Waals surface area contributed by atoms with Crippen molar-refractivity contribution in [2.45, 2.75) is 26.7 Å². The van der Waals surface area contributed by atoms with Crippen molar-refractivity contribution in [3.05, 3.63) is 48.1 Å². The Bertz CT molecular complexity index is 264. The molecule has 0 bridgehead atoms. The van der Waals surface area contributed by atoms with Gasteiger partial charge in [-0.15, -0.1) is 0 Å². The van der Waals surface area contributed by atoms with E-state index < -0.39 is 0 Å². The van der Waals surface area contributed by atoms with E-state index in [0.29, 0.717) is 5.92 Å². The van der Waals surface area contributed by atoms with Gasteiger partial charge in [0.05, 0.1) is 0 Å². The zero-order chi connectivity index (χ0) is 9.68. The van der Waals surface area contributed by atoms with Crippen molar-refractivity contribution < 1.29 is 0 Å². The van der Waals surface area contributed by atoms with Crippen molar-refractivity contribution >= 4 is 0 Å². The molecular formula is C13H18. The second kappa shape index (κ2) is 4.86. The lowest BCUT2D eigenvalue weighted by molar-refractivity contribution is 0.773. The molecule has 0 heterocycles. The predicted molar refractivity (Wildman–Crippen MR) is 59.6 cm³/mol. The maximum absolute atomic E-state index is 3.82. The summed E-state index contributed by atoms with van der Waals surface area (Å²) in [6.07, 6.45) is 13.2. The molecule has 1 aliphatic carbocycles. The van der Waals surface area contributed by atoms with Crippen LogP contribution in [0.1, 0.15) is 26.7 Å². The second-order valence-corrected chi connectivity index (χ2v) is 3.33. The second-order valence-electron chi connectivity index (χ2n) is 3.33. The lowest BCUT2D eigenvalue weighted by Crippen LogP contribution is -2.01. The molecule has 0 fully saturated rings. The molecule has 1 atom stereocenters. The molecule has 0 N–H and O–H groups in total. The highest BCUT2D eigenvalue weighted by molar-refractivity contribution is 5.32. The molecule has 0 aromatic heterocycles. The minimum Gasteiger partial charge on any atom is -0.0988 e. The van der Waals surface area contributed by atoms with Crippen molar-refractivity contribution in [1.29, 1.82) is 0 Å². The average Bonchev–Trinajstić information content (AvgIpc) is 2.21. The fraction of sp³-hybridized carbons (Fsp3) is 0.385. The van der Waals surface area contributed by atoms with Gasteiger partial charge in [0.2, 0.25) is 0 Å². The first-order valence-corrected chi connectivity index (χ1v) is 4.97. The van der Waals surface area contributed by atoms with Gasteiger partial charge < -0.3 is 0 Å². The van der Waals surface area contributed by atoms with Gasteiger partial charge in [0.25, 0.3) is 0 Å². The quantitative estimate of drug-likeness (QED) is 0.567. The van der Waals surface area contributed by atoms with Crippen molar-refractivity contribution in [3.63, 3.8) is 0 Å². The van der Waals surface area contributed by atoms with Gasteiger partial charge in [-0.25, -0.2) is 0 Å². The summed E-state index contributed by atoms with van der Waals surface area (Å²) in [5, 5.41) is 0. The third-order valence-corrected chi connectivity index (χ3v) is 2.58. The van der Waals surface area contributed by atoms with Crippen LogP contribution >= 0.6 is 0 Å². The summed E-state index contributed by atoms with van der Waals surface area (Å²) in [5.74, 6) is 0.554. The summed E-state index contributed by atoms with van der Waals surface area (Å²) in [7, 11) is 0. The Morgan fingerprint density at radius 2 is 2.46 bits per heavy atom. The van der Waals surface area contributed by atoms with Crippen molar-refractivity contribution in [2.24, 2.45) is 5.92 Å². The van der Waals surface area contributed by atoms with Crippen LogP contribution in [0.3, 0.4) is 0 Å².